The lowest BCUT2D eigenvalue weighted by Gasteiger charge is -2.50. The number of rotatable bonds is 6. The van der Waals surface area contributed by atoms with Crippen molar-refractivity contribution in [2.75, 3.05) is 19.6 Å². The fourth-order valence-corrected chi connectivity index (χ4v) is 2.98. The summed E-state index contributed by atoms with van der Waals surface area (Å²) in [4.78, 5) is 7.06. The molecule has 3 rings (SSSR count). The highest BCUT2D eigenvalue weighted by atomic mass is 15.3. The van der Waals surface area contributed by atoms with Gasteiger partial charge in [0.05, 0.1) is 11.2 Å². The highest BCUT2D eigenvalue weighted by Crippen LogP contribution is 2.38. The maximum atomic E-state index is 4.54. The highest BCUT2D eigenvalue weighted by molar-refractivity contribution is 5.19. The molecule has 2 aromatic rings. The van der Waals surface area contributed by atoms with Crippen LogP contribution in [0.1, 0.15) is 24.6 Å². The van der Waals surface area contributed by atoms with E-state index in [1.54, 1.807) is 0 Å². The Labute approximate surface area is 127 Å². The monoisotopic (exact) mass is 281 g/mol. The minimum atomic E-state index is 0.121. The van der Waals surface area contributed by atoms with Crippen LogP contribution in [0.5, 0.6) is 0 Å². The van der Waals surface area contributed by atoms with Gasteiger partial charge < -0.3 is 5.32 Å². The van der Waals surface area contributed by atoms with E-state index < -0.39 is 0 Å². The van der Waals surface area contributed by atoms with E-state index >= 15 is 0 Å². The van der Waals surface area contributed by atoms with Crippen LogP contribution in [-0.2, 0) is 12.1 Å². The van der Waals surface area contributed by atoms with Crippen molar-refractivity contribution in [2.45, 2.75) is 25.4 Å². The third kappa shape index (κ3) is 3.14. The summed E-state index contributed by atoms with van der Waals surface area (Å²) >= 11 is 0. The Morgan fingerprint density at radius 1 is 1.14 bits per heavy atom. The fraction of sp³-hybridized carbons (Fsp3) is 0.389. The Bertz CT molecular complexity index is 555. The van der Waals surface area contributed by atoms with Crippen LogP contribution >= 0.6 is 0 Å². The summed E-state index contributed by atoms with van der Waals surface area (Å²) in [7, 11) is 0. The first-order chi connectivity index (χ1) is 10.3. The number of aromatic nitrogens is 1. The van der Waals surface area contributed by atoms with E-state index in [-0.39, 0.29) is 5.54 Å². The molecule has 0 aliphatic carbocycles. The summed E-state index contributed by atoms with van der Waals surface area (Å²) in [5.41, 5.74) is 2.66. The average Bonchev–Trinajstić information content (AvgIpc) is 2.54. The molecule has 110 valence electrons. The molecule has 3 heteroatoms. The third-order valence-electron chi connectivity index (χ3n) is 4.51. The van der Waals surface area contributed by atoms with Crippen LogP contribution in [0.2, 0.25) is 0 Å². The first-order valence-corrected chi connectivity index (χ1v) is 7.70. The van der Waals surface area contributed by atoms with Crippen molar-refractivity contribution in [1.29, 1.82) is 0 Å². The number of nitrogens with one attached hydrogen (secondary N) is 1. The number of pyridine rings is 1. The Hall–Kier alpha value is -1.71. The first-order valence-electron chi connectivity index (χ1n) is 7.70. The van der Waals surface area contributed by atoms with Crippen molar-refractivity contribution in [3.63, 3.8) is 0 Å². The third-order valence-corrected chi connectivity index (χ3v) is 4.51. The molecular formula is C18H23N3. The fourth-order valence-electron chi connectivity index (χ4n) is 2.98. The van der Waals surface area contributed by atoms with Gasteiger partial charge in [0.1, 0.15) is 0 Å². The predicted octanol–water partition coefficient (Wildman–Crippen LogP) is 2.79. The molecule has 1 aromatic carbocycles. The van der Waals surface area contributed by atoms with Crippen LogP contribution in [-0.4, -0.2) is 29.5 Å². The molecule has 1 N–H and O–H groups in total. The standard InChI is InChI=1S/C18H23N3/c1-18(17-9-5-6-11-20-17)10-13-21(18)14-12-19-15-16-7-3-2-4-8-16/h2-9,11,19H,10,12-15H2,1H3. The number of hydrogen-bond donors (Lipinski definition) is 1. The summed E-state index contributed by atoms with van der Waals surface area (Å²) in [5, 5.41) is 3.53. The highest BCUT2D eigenvalue weighted by Gasteiger charge is 2.42. The normalized spacial score (nSPS) is 22.0. The van der Waals surface area contributed by atoms with Gasteiger partial charge in [-0.3, -0.25) is 9.88 Å². The largest absolute Gasteiger partial charge is 0.311 e. The molecule has 1 unspecified atom stereocenters. The van der Waals surface area contributed by atoms with Gasteiger partial charge in [-0.2, -0.15) is 0 Å². The molecule has 1 saturated heterocycles. The zero-order chi connectivity index (χ0) is 14.5. The van der Waals surface area contributed by atoms with Crippen LogP contribution in [0.3, 0.4) is 0 Å². The number of nitrogens with zero attached hydrogens (tertiary/aromatic N) is 2. The van der Waals surface area contributed by atoms with Crippen LogP contribution in [0.4, 0.5) is 0 Å². The molecule has 1 aliphatic heterocycles. The lowest BCUT2D eigenvalue weighted by Crippen LogP contribution is -2.57. The van der Waals surface area contributed by atoms with E-state index in [1.165, 1.54) is 24.2 Å². The van der Waals surface area contributed by atoms with Crippen molar-refractivity contribution >= 4 is 0 Å². The summed E-state index contributed by atoms with van der Waals surface area (Å²) in [6, 6.07) is 16.8. The lowest BCUT2D eigenvalue weighted by atomic mass is 9.83. The van der Waals surface area contributed by atoms with Gasteiger partial charge in [0.25, 0.3) is 0 Å². The average molecular weight is 281 g/mol. The maximum absolute atomic E-state index is 4.54. The van der Waals surface area contributed by atoms with E-state index in [4.69, 9.17) is 0 Å². The summed E-state index contributed by atoms with van der Waals surface area (Å²) < 4.78 is 0. The van der Waals surface area contributed by atoms with Crippen LogP contribution in [0, 0.1) is 0 Å². The SMILES string of the molecule is CC1(c2ccccn2)CCN1CCNCc1ccccc1. The second-order valence-electron chi connectivity index (χ2n) is 5.89. The minimum Gasteiger partial charge on any atom is -0.311 e. The lowest BCUT2D eigenvalue weighted by molar-refractivity contribution is -0.00573. The molecule has 0 bridgehead atoms. The smallest absolute Gasteiger partial charge is 0.0617 e. The van der Waals surface area contributed by atoms with Crippen molar-refractivity contribution in [3.05, 3.63) is 66.0 Å². The van der Waals surface area contributed by atoms with Crippen LogP contribution < -0.4 is 5.32 Å². The molecule has 21 heavy (non-hydrogen) atoms. The quantitative estimate of drug-likeness (QED) is 0.825. The number of hydrogen-bond acceptors (Lipinski definition) is 3. The van der Waals surface area contributed by atoms with Crippen molar-refractivity contribution in [2.24, 2.45) is 0 Å². The maximum Gasteiger partial charge on any atom is 0.0617 e. The Morgan fingerprint density at radius 3 is 2.62 bits per heavy atom. The van der Waals surface area contributed by atoms with E-state index in [0.717, 1.165) is 19.6 Å². The second kappa shape index (κ2) is 6.37. The zero-order valence-corrected chi connectivity index (χ0v) is 12.6. The summed E-state index contributed by atoms with van der Waals surface area (Å²) in [6.45, 7) is 6.49. The molecule has 0 radical (unpaired) electrons. The van der Waals surface area contributed by atoms with Crippen LogP contribution in [0.25, 0.3) is 0 Å². The van der Waals surface area contributed by atoms with E-state index in [2.05, 4.69) is 64.6 Å². The van der Waals surface area contributed by atoms with Crippen molar-refractivity contribution in [3.8, 4) is 0 Å². The topological polar surface area (TPSA) is 28.2 Å². The van der Waals surface area contributed by atoms with Gasteiger partial charge in [-0.1, -0.05) is 36.4 Å². The molecule has 1 fully saturated rings. The van der Waals surface area contributed by atoms with Crippen LogP contribution in [0.15, 0.2) is 54.7 Å². The van der Waals surface area contributed by atoms with Crippen molar-refractivity contribution in [1.82, 2.24) is 15.2 Å². The van der Waals surface area contributed by atoms with E-state index in [9.17, 15) is 0 Å². The van der Waals surface area contributed by atoms with Gasteiger partial charge >= 0.3 is 0 Å². The first kappa shape index (κ1) is 14.2. The van der Waals surface area contributed by atoms with Gasteiger partial charge in [-0.05, 0) is 31.0 Å². The van der Waals surface area contributed by atoms with E-state index in [0.29, 0.717) is 0 Å². The second-order valence-corrected chi connectivity index (χ2v) is 5.89. The van der Waals surface area contributed by atoms with Gasteiger partial charge in [0.2, 0.25) is 0 Å². The summed E-state index contributed by atoms with van der Waals surface area (Å²) in [6.07, 6.45) is 3.09. The molecule has 0 amide bonds. The molecule has 3 nitrogen and oxygen atoms in total. The molecule has 1 aromatic heterocycles. The van der Waals surface area contributed by atoms with E-state index in [1.807, 2.05) is 12.3 Å². The van der Waals surface area contributed by atoms with Gasteiger partial charge in [0.15, 0.2) is 0 Å². The molecule has 0 saturated carbocycles. The van der Waals surface area contributed by atoms with Gasteiger partial charge in [0, 0.05) is 32.4 Å². The Kier molecular flexibility index (Phi) is 4.32. The molecular weight excluding hydrogens is 258 g/mol. The predicted molar refractivity (Wildman–Crippen MR) is 85.9 cm³/mol. The molecule has 0 spiro atoms. The molecule has 1 atom stereocenters. The van der Waals surface area contributed by atoms with Gasteiger partial charge in [-0.15, -0.1) is 0 Å². The Balaban J connectivity index is 1.48. The number of benzene rings is 1. The minimum absolute atomic E-state index is 0.121. The number of likely N-dealkylation sites (tertiary alicyclic amines) is 1. The van der Waals surface area contributed by atoms with Gasteiger partial charge in [-0.25, -0.2) is 0 Å². The molecule has 1 aliphatic rings. The van der Waals surface area contributed by atoms with Crippen molar-refractivity contribution < 1.29 is 0 Å². The summed E-state index contributed by atoms with van der Waals surface area (Å²) in [5.74, 6) is 0. The Morgan fingerprint density at radius 2 is 1.95 bits per heavy atom. The zero-order valence-electron chi connectivity index (χ0n) is 12.6. The molecule has 2 heterocycles.